The van der Waals surface area contributed by atoms with Crippen LogP contribution in [0.25, 0.3) is 6.08 Å². The summed E-state index contributed by atoms with van der Waals surface area (Å²) in [7, 11) is 1.54. The maximum atomic E-state index is 11.9. The third-order valence-electron chi connectivity index (χ3n) is 4.84. The molecule has 1 amide bonds. The quantitative estimate of drug-likeness (QED) is 0.279. The average Bonchev–Trinajstić information content (AvgIpc) is 3.08. The van der Waals surface area contributed by atoms with E-state index in [1.54, 1.807) is 25.3 Å². The smallest absolute Gasteiger partial charge is 0.263 e. The van der Waals surface area contributed by atoms with E-state index < -0.39 is 0 Å². The highest BCUT2D eigenvalue weighted by atomic mass is 35.5. The Balaban J connectivity index is 1.67. The number of ether oxygens (including phenoxy) is 3. The lowest BCUT2D eigenvalue weighted by molar-refractivity contribution is -0.115. The minimum atomic E-state index is -0.222. The van der Waals surface area contributed by atoms with Gasteiger partial charge in [0.1, 0.15) is 23.3 Å². The number of thiocarbonyl (C=S) groups is 1. The Morgan fingerprint density at radius 3 is 2.61 bits per heavy atom. The molecule has 8 heteroatoms. The molecule has 1 N–H and O–H groups in total. The molecule has 1 fully saturated rings. The van der Waals surface area contributed by atoms with Crippen molar-refractivity contribution in [1.82, 2.24) is 5.32 Å². The first kappa shape index (κ1) is 23.4. The van der Waals surface area contributed by atoms with Crippen molar-refractivity contribution < 1.29 is 19.0 Å². The SMILES string of the molecule is CC[C@H](C)c1ccccc1OCCOc1c(Cl)cc(/C=C2\SC(=S)NC2=O)cc1OC. The summed E-state index contributed by atoms with van der Waals surface area (Å²) in [6, 6.07) is 11.5. The second-order valence-corrected chi connectivity index (χ2v) is 9.06. The molecular weight excluding hydrogens is 454 g/mol. The predicted octanol–water partition coefficient (Wildman–Crippen LogP) is 5.81. The molecule has 1 atom stereocenters. The molecule has 0 radical (unpaired) electrons. The predicted molar refractivity (Wildman–Crippen MR) is 130 cm³/mol. The Labute approximate surface area is 197 Å². The first-order valence-electron chi connectivity index (χ1n) is 9.89. The van der Waals surface area contributed by atoms with E-state index in [0.717, 1.165) is 17.7 Å². The molecule has 0 bridgehead atoms. The number of thioether (sulfide) groups is 1. The summed E-state index contributed by atoms with van der Waals surface area (Å²) in [6.45, 7) is 5.01. The van der Waals surface area contributed by atoms with Gasteiger partial charge in [0.05, 0.1) is 17.0 Å². The van der Waals surface area contributed by atoms with Crippen LogP contribution in [0.4, 0.5) is 0 Å². The number of rotatable bonds is 9. The maximum Gasteiger partial charge on any atom is 0.263 e. The van der Waals surface area contributed by atoms with E-state index in [1.165, 1.54) is 17.3 Å². The molecule has 2 aromatic rings. The standard InChI is InChI=1S/C23H24ClNO4S2/c1-4-14(2)16-7-5-6-8-18(16)28-9-10-29-21-17(24)11-15(12-19(21)27-3)13-20-22(26)25-23(30)31-20/h5-8,11-14H,4,9-10H2,1-3H3,(H,25,26,30)/b20-13-/t14-/m0/s1. The summed E-state index contributed by atoms with van der Waals surface area (Å²) in [6.07, 6.45) is 2.75. The molecule has 3 rings (SSSR count). The number of hydrogen-bond donors (Lipinski definition) is 1. The van der Waals surface area contributed by atoms with Gasteiger partial charge in [0, 0.05) is 0 Å². The summed E-state index contributed by atoms with van der Waals surface area (Å²) in [5, 5.41) is 2.97. The summed E-state index contributed by atoms with van der Waals surface area (Å²) in [5.74, 6) is 1.98. The molecule has 0 unspecified atom stereocenters. The summed E-state index contributed by atoms with van der Waals surface area (Å²) < 4.78 is 17.7. The lowest BCUT2D eigenvalue weighted by Crippen LogP contribution is -2.17. The van der Waals surface area contributed by atoms with Crippen LogP contribution >= 0.6 is 35.6 Å². The van der Waals surface area contributed by atoms with Crippen molar-refractivity contribution in [3.05, 3.63) is 57.5 Å². The second-order valence-electron chi connectivity index (χ2n) is 6.93. The molecular formula is C23H24ClNO4S2. The van der Waals surface area contributed by atoms with Gasteiger partial charge in [-0.1, -0.05) is 67.6 Å². The van der Waals surface area contributed by atoms with Crippen LogP contribution < -0.4 is 19.5 Å². The van der Waals surface area contributed by atoms with Crippen molar-refractivity contribution >= 4 is 51.9 Å². The van der Waals surface area contributed by atoms with Crippen molar-refractivity contribution in [1.29, 1.82) is 0 Å². The number of benzene rings is 2. The number of methoxy groups -OCH3 is 1. The monoisotopic (exact) mass is 477 g/mol. The van der Waals surface area contributed by atoms with Gasteiger partial charge in [0.2, 0.25) is 0 Å². The van der Waals surface area contributed by atoms with Gasteiger partial charge in [-0.3, -0.25) is 4.79 Å². The van der Waals surface area contributed by atoms with Gasteiger partial charge < -0.3 is 19.5 Å². The summed E-state index contributed by atoms with van der Waals surface area (Å²) in [4.78, 5) is 12.4. The van der Waals surface area contributed by atoms with Crippen molar-refractivity contribution in [2.45, 2.75) is 26.2 Å². The molecule has 0 spiro atoms. The zero-order chi connectivity index (χ0) is 22.4. The third kappa shape index (κ3) is 5.93. The van der Waals surface area contributed by atoms with Crippen molar-refractivity contribution in [2.75, 3.05) is 20.3 Å². The van der Waals surface area contributed by atoms with E-state index in [4.69, 9.17) is 38.0 Å². The van der Waals surface area contributed by atoms with Crippen LogP contribution in [0.15, 0.2) is 41.3 Å². The normalized spacial score (nSPS) is 15.7. The number of nitrogens with one attached hydrogen (secondary N) is 1. The van der Waals surface area contributed by atoms with Crippen LogP contribution in [-0.4, -0.2) is 30.6 Å². The number of amides is 1. The van der Waals surface area contributed by atoms with E-state index in [9.17, 15) is 4.79 Å². The van der Waals surface area contributed by atoms with Crippen LogP contribution in [0.3, 0.4) is 0 Å². The highest BCUT2D eigenvalue weighted by molar-refractivity contribution is 8.26. The van der Waals surface area contributed by atoms with Crippen LogP contribution in [-0.2, 0) is 4.79 Å². The molecule has 1 saturated heterocycles. The minimum Gasteiger partial charge on any atom is -0.493 e. The fourth-order valence-electron chi connectivity index (χ4n) is 3.07. The van der Waals surface area contributed by atoms with E-state index in [-0.39, 0.29) is 5.91 Å². The summed E-state index contributed by atoms with van der Waals surface area (Å²) in [5.41, 5.74) is 1.90. The topological polar surface area (TPSA) is 56.8 Å². The van der Waals surface area contributed by atoms with Crippen molar-refractivity contribution in [2.24, 2.45) is 0 Å². The fraction of sp³-hybridized carbons (Fsp3) is 0.304. The Bertz CT molecular complexity index is 1010. The number of carbonyl (C=O) groups excluding carboxylic acids is 1. The largest absolute Gasteiger partial charge is 0.493 e. The molecule has 2 aromatic carbocycles. The van der Waals surface area contributed by atoms with Crippen LogP contribution in [0.5, 0.6) is 17.2 Å². The van der Waals surface area contributed by atoms with Gasteiger partial charge in [-0.05, 0) is 47.7 Å². The fourth-order valence-corrected chi connectivity index (χ4v) is 4.39. The van der Waals surface area contributed by atoms with Gasteiger partial charge in [0.25, 0.3) is 5.91 Å². The molecule has 0 aromatic heterocycles. The molecule has 1 aliphatic heterocycles. The molecule has 1 heterocycles. The zero-order valence-electron chi connectivity index (χ0n) is 17.6. The summed E-state index contributed by atoms with van der Waals surface area (Å²) >= 11 is 12.7. The Morgan fingerprint density at radius 1 is 1.19 bits per heavy atom. The Hall–Kier alpha value is -2.22. The maximum absolute atomic E-state index is 11.9. The lowest BCUT2D eigenvalue weighted by Gasteiger charge is -2.17. The van der Waals surface area contributed by atoms with Crippen LogP contribution in [0, 0.1) is 0 Å². The van der Waals surface area contributed by atoms with E-state index in [0.29, 0.717) is 44.9 Å². The van der Waals surface area contributed by atoms with Gasteiger partial charge in [-0.2, -0.15) is 0 Å². The van der Waals surface area contributed by atoms with Crippen molar-refractivity contribution in [3.63, 3.8) is 0 Å². The van der Waals surface area contributed by atoms with E-state index in [2.05, 4.69) is 25.2 Å². The number of para-hydroxylation sites is 1. The first-order chi connectivity index (χ1) is 14.9. The molecule has 31 heavy (non-hydrogen) atoms. The second kappa shape index (κ2) is 10.9. The van der Waals surface area contributed by atoms with Crippen molar-refractivity contribution in [3.8, 4) is 17.2 Å². The van der Waals surface area contributed by atoms with E-state index >= 15 is 0 Å². The Morgan fingerprint density at radius 2 is 1.94 bits per heavy atom. The molecule has 164 valence electrons. The molecule has 0 aliphatic carbocycles. The number of carbonyl (C=O) groups is 1. The van der Waals surface area contributed by atoms with E-state index in [1.807, 2.05) is 18.2 Å². The number of halogens is 1. The van der Waals surface area contributed by atoms with Crippen LogP contribution in [0.2, 0.25) is 5.02 Å². The Kier molecular flexibility index (Phi) is 8.23. The molecule has 0 saturated carbocycles. The van der Waals surface area contributed by atoms with Gasteiger partial charge in [-0.15, -0.1) is 0 Å². The number of hydrogen-bond acceptors (Lipinski definition) is 6. The average molecular weight is 478 g/mol. The zero-order valence-corrected chi connectivity index (χ0v) is 20.0. The highest BCUT2D eigenvalue weighted by Gasteiger charge is 2.22. The molecule has 1 aliphatic rings. The van der Waals surface area contributed by atoms with Crippen LogP contribution in [0.1, 0.15) is 37.3 Å². The molecule has 5 nitrogen and oxygen atoms in total. The third-order valence-corrected chi connectivity index (χ3v) is 6.28. The minimum absolute atomic E-state index is 0.222. The van der Waals surface area contributed by atoms with Gasteiger partial charge in [-0.25, -0.2) is 0 Å². The van der Waals surface area contributed by atoms with Gasteiger partial charge >= 0.3 is 0 Å². The first-order valence-corrected chi connectivity index (χ1v) is 11.5. The highest BCUT2D eigenvalue weighted by Crippen LogP contribution is 2.38. The lowest BCUT2D eigenvalue weighted by atomic mass is 9.98. The van der Waals surface area contributed by atoms with Gasteiger partial charge in [0.15, 0.2) is 11.5 Å².